The second-order valence-corrected chi connectivity index (χ2v) is 6.87. The van der Waals surface area contributed by atoms with E-state index in [4.69, 9.17) is 16.3 Å². The van der Waals surface area contributed by atoms with Gasteiger partial charge in [-0.15, -0.1) is 11.6 Å². The number of halogens is 1. The summed E-state index contributed by atoms with van der Waals surface area (Å²) in [7, 11) is -3.62. The summed E-state index contributed by atoms with van der Waals surface area (Å²) in [6.07, 6.45) is 1.44. The number of sulfonamides is 1. The molecule has 1 aromatic heterocycles. The monoisotopic (exact) mass is 293 g/mol. The van der Waals surface area contributed by atoms with E-state index in [9.17, 15) is 8.42 Å². The SMILES string of the molecule is CC1(C)COCCN1S(=O)(=O)c1[nH]ncc1CCl. The topological polar surface area (TPSA) is 75.3 Å². The molecule has 1 aromatic rings. The minimum Gasteiger partial charge on any atom is -0.378 e. The maximum Gasteiger partial charge on any atom is 0.260 e. The second kappa shape index (κ2) is 4.80. The molecule has 1 saturated heterocycles. The van der Waals surface area contributed by atoms with Crippen LogP contribution in [0.3, 0.4) is 0 Å². The van der Waals surface area contributed by atoms with Gasteiger partial charge in [-0.2, -0.15) is 9.40 Å². The minimum absolute atomic E-state index is 0.0764. The maximum atomic E-state index is 12.6. The van der Waals surface area contributed by atoms with Gasteiger partial charge in [0, 0.05) is 12.1 Å². The molecule has 0 amide bonds. The van der Waals surface area contributed by atoms with Crippen LogP contribution in [-0.2, 0) is 20.6 Å². The number of nitrogens with zero attached hydrogens (tertiary/aromatic N) is 2. The fourth-order valence-corrected chi connectivity index (χ4v) is 4.16. The summed E-state index contributed by atoms with van der Waals surface area (Å²) in [4.78, 5) is 0. The number of alkyl halides is 1. The molecule has 102 valence electrons. The highest BCUT2D eigenvalue weighted by molar-refractivity contribution is 7.89. The van der Waals surface area contributed by atoms with Crippen LogP contribution in [0.5, 0.6) is 0 Å². The first kappa shape index (κ1) is 13.8. The molecule has 0 saturated carbocycles. The highest BCUT2D eigenvalue weighted by atomic mass is 35.5. The van der Waals surface area contributed by atoms with Gasteiger partial charge in [-0.25, -0.2) is 8.42 Å². The van der Waals surface area contributed by atoms with E-state index < -0.39 is 15.6 Å². The Hall–Kier alpha value is -0.630. The molecule has 1 aliphatic rings. The van der Waals surface area contributed by atoms with Crippen molar-refractivity contribution in [2.24, 2.45) is 0 Å². The van der Waals surface area contributed by atoms with Crippen LogP contribution in [0.4, 0.5) is 0 Å². The Kier molecular flexibility index (Phi) is 3.68. The van der Waals surface area contributed by atoms with Gasteiger partial charge in [0.05, 0.1) is 30.8 Å². The number of hydrogen-bond donors (Lipinski definition) is 1. The second-order valence-electron chi connectivity index (χ2n) is 4.80. The maximum absolute atomic E-state index is 12.6. The zero-order chi connectivity index (χ0) is 13.4. The lowest BCUT2D eigenvalue weighted by molar-refractivity contribution is -0.00783. The molecule has 1 N–H and O–H groups in total. The Morgan fingerprint density at radius 2 is 2.33 bits per heavy atom. The van der Waals surface area contributed by atoms with Crippen LogP contribution in [0.25, 0.3) is 0 Å². The number of hydrogen-bond acceptors (Lipinski definition) is 4. The fourth-order valence-electron chi connectivity index (χ4n) is 2.02. The van der Waals surface area contributed by atoms with Gasteiger partial charge in [-0.1, -0.05) is 0 Å². The molecule has 1 aliphatic heterocycles. The first-order chi connectivity index (χ1) is 8.39. The summed E-state index contributed by atoms with van der Waals surface area (Å²) in [5.41, 5.74) is -0.0925. The molecule has 1 fully saturated rings. The Balaban J connectivity index is 2.42. The third-order valence-corrected chi connectivity index (χ3v) is 5.35. The number of aromatic amines is 1. The summed E-state index contributed by atoms with van der Waals surface area (Å²) in [6, 6.07) is 0. The summed E-state index contributed by atoms with van der Waals surface area (Å²) in [6.45, 7) is 4.76. The molecule has 2 rings (SSSR count). The molecule has 0 aliphatic carbocycles. The van der Waals surface area contributed by atoms with Crippen LogP contribution in [0.15, 0.2) is 11.2 Å². The highest BCUT2D eigenvalue weighted by Crippen LogP contribution is 2.28. The molecular weight excluding hydrogens is 278 g/mol. The normalized spacial score (nSPS) is 21.1. The average molecular weight is 294 g/mol. The number of morpholine rings is 1. The van der Waals surface area contributed by atoms with Gasteiger partial charge in [0.2, 0.25) is 0 Å². The van der Waals surface area contributed by atoms with Crippen LogP contribution in [0.2, 0.25) is 0 Å². The van der Waals surface area contributed by atoms with Crippen molar-refractivity contribution in [3.63, 3.8) is 0 Å². The number of ether oxygens (including phenoxy) is 1. The van der Waals surface area contributed by atoms with Gasteiger partial charge in [0.15, 0.2) is 5.03 Å². The van der Waals surface area contributed by atoms with Gasteiger partial charge in [-0.05, 0) is 13.8 Å². The standard InChI is InChI=1S/C10H16ClN3O3S/c1-10(2)7-17-4-3-14(10)18(15,16)9-8(5-11)6-12-13-9/h6H,3-5,7H2,1-2H3,(H,12,13). The van der Waals surface area contributed by atoms with Crippen molar-refractivity contribution < 1.29 is 13.2 Å². The van der Waals surface area contributed by atoms with Gasteiger partial charge in [0.1, 0.15) is 0 Å². The van der Waals surface area contributed by atoms with Crippen LogP contribution in [0.1, 0.15) is 19.4 Å². The van der Waals surface area contributed by atoms with Crippen LogP contribution >= 0.6 is 11.6 Å². The van der Waals surface area contributed by atoms with Crippen LogP contribution < -0.4 is 0 Å². The molecule has 8 heteroatoms. The first-order valence-corrected chi connectivity index (χ1v) is 7.56. The molecule has 0 bridgehead atoms. The van der Waals surface area contributed by atoms with Crippen LogP contribution in [-0.4, -0.2) is 48.2 Å². The molecular formula is C10H16ClN3O3S. The van der Waals surface area contributed by atoms with E-state index >= 15 is 0 Å². The molecule has 0 aromatic carbocycles. The first-order valence-electron chi connectivity index (χ1n) is 5.58. The fraction of sp³-hybridized carbons (Fsp3) is 0.700. The Labute approximate surface area is 111 Å². The van der Waals surface area contributed by atoms with Gasteiger partial charge < -0.3 is 4.74 Å². The molecule has 0 spiro atoms. The number of aromatic nitrogens is 2. The smallest absolute Gasteiger partial charge is 0.260 e. The molecule has 18 heavy (non-hydrogen) atoms. The predicted molar refractivity (Wildman–Crippen MR) is 66.9 cm³/mol. The van der Waals surface area contributed by atoms with E-state index in [0.29, 0.717) is 25.3 Å². The summed E-state index contributed by atoms with van der Waals surface area (Å²) in [5.74, 6) is 0.107. The van der Waals surface area contributed by atoms with E-state index in [1.807, 2.05) is 13.8 Å². The molecule has 0 atom stereocenters. The van der Waals surface area contributed by atoms with Gasteiger partial charge in [0.25, 0.3) is 10.0 Å². The van der Waals surface area contributed by atoms with Gasteiger partial charge in [-0.3, -0.25) is 5.10 Å². The number of H-pyrrole nitrogens is 1. The Morgan fingerprint density at radius 3 is 2.94 bits per heavy atom. The zero-order valence-corrected chi connectivity index (χ0v) is 11.9. The highest BCUT2D eigenvalue weighted by Gasteiger charge is 2.41. The lowest BCUT2D eigenvalue weighted by atomic mass is 10.1. The largest absolute Gasteiger partial charge is 0.378 e. The lowest BCUT2D eigenvalue weighted by Gasteiger charge is -2.40. The van der Waals surface area contributed by atoms with Crippen molar-refractivity contribution in [3.8, 4) is 0 Å². The predicted octanol–water partition coefficient (Wildman–Crippen LogP) is 0.948. The van der Waals surface area contributed by atoms with E-state index in [1.165, 1.54) is 10.5 Å². The van der Waals surface area contributed by atoms with E-state index in [0.717, 1.165) is 0 Å². The van der Waals surface area contributed by atoms with E-state index in [2.05, 4.69) is 10.2 Å². The van der Waals surface area contributed by atoms with Crippen molar-refractivity contribution in [3.05, 3.63) is 11.8 Å². The van der Waals surface area contributed by atoms with E-state index in [1.54, 1.807) is 0 Å². The molecule has 6 nitrogen and oxygen atoms in total. The molecule has 0 unspecified atom stereocenters. The number of nitrogens with one attached hydrogen (secondary N) is 1. The zero-order valence-electron chi connectivity index (χ0n) is 10.3. The quantitative estimate of drug-likeness (QED) is 0.842. The summed E-state index contributed by atoms with van der Waals surface area (Å²) in [5, 5.41) is 6.36. The third kappa shape index (κ3) is 2.27. The van der Waals surface area contributed by atoms with E-state index in [-0.39, 0.29) is 10.9 Å². The van der Waals surface area contributed by atoms with Gasteiger partial charge >= 0.3 is 0 Å². The Bertz CT molecular complexity index is 526. The van der Waals surface area contributed by atoms with Crippen molar-refractivity contribution in [1.29, 1.82) is 0 Å². The lowest BCUT2D eigenvalue weighted by Crippen LogP contribution is -2.55. The minimum atomic E-state index is -3.62. The summed E-state index contributed by atoms with van der Waals surface area (Å²) < 4.78 is 31.9. The van der Waals surface area contributed by atoms with Crippen LogP contribution in [0, 0.1) is 0 Å². The van der Waals surface area contributed by atoms with Crippen molar-refractivity contribution in [2.75, 3.05) is 19.8 Å². The Morgan fingerprint density at radius 1 is 1.61 bits per heavy atom. The molecule has 2 heterocycles. The third-order valence-electron chi connectivity index (χ3n) is 2.94. The van der Waals surface area contributed by atoms with Crippen molar-refractivity contribution in [1.82, 2.24) is 14.5 Å². The van der Waals surface area contributed by atoms with Crippen molar-refractivity contribution >= 4 is 21.6 Å². The van der Waals surface area contributed by atoms with Crippen molar-refractivity contribution in [2.45, 2.75) is 30.3 Å². The molecule has 0 radical (unpaired) electrons. The number of rotatable bonds is 3. The average Bonchev–Trinajstić information content (AvgIpc) is 2.76. The summed E-state index contributed by atoms with van der Waals surface area (Å²) >= 11 is 5.72.